The fraction of sp³-hybridized carbons (Fsp3) is 0.438. The van der Waals surface area contributed by atoms with Gasteiger partial charge in [0.25, 0.3) is 0 Å². The lowest BCUT2D eigenvalue weighted by atomic mass is 9.99. The van der Waals surface area contributed by atoms with E-state index in [1.165, 1.54) is 11.3 Å². The lowest BCUT2D eigenvalue weighted by Crippen LogP contribution is -2.36. The van der Waals surface area contributed by atoms with Gasteiger partial charge >= 0.3 is 0 Å². The molecule has 0 unspecified atom stereocenters. The highest BCUT2D eigenvalue weighted by molar-refractivity contribution is 7.07. The van der Waals surface area contributed by atoms with Crippen molar-refractivity contribution in [3.8, 4) is 0 Å². The van der Waals surface area contributed by atoms with Gasteiger partial charge in [0.1, 0.15) is 0 Å². The van der Waals surface area contributed by atoms with Crippen molar-refractivity contribution in [2.45, 2.75) is 32.0 Å². The summed E-state index contributed by atoms with van der Waals surface area (Å²) in [4.78, 5) is 6.37. The molecule has 1 aliphatic heterocycles. The van der Waals surface area contributed by atoms with Crippen molar-refractivity contribution in [2.75, 3.05) is 13.1 Å². The van der Waals surface area contributed by atoms with E-state index in [1.54, 1.807) is 5.51 Å². The average Bonchev–Trinajstić information content (AvgIpc) is 3.18. The number of likely N-dealkylation sites (tertiary alicyclic amines) is 1. The highest BCUT2D eigenvalue weighted by Gasteiger charge is 2.35. The van der Waals surface area contributed by atoms with Gasteiger partial charge in [-0.1, -0.05) is 6.92 Å². The van der Waals surface area contributed by atoms with E-state index >= 15 is 0 Å². The number of nitrogens with one attached hydrogen (secondary N) is 1. The monoisotopic (exact) mass is 341 g/mol. The standard InChI is InChI=1S/C16H18F3N3S/c1-2-22-4-3-14(20-7-11-8-23-9-21-11)16(22)10-5-12(17)15(19)13(18)6-10/h5-6,8-9,14,16,20H,2-4,7H2,1H3/t14-,16-/m0/s1. The molecular weight excluding hydrogens is 323 g/mol. The van der Waals surface area contributed by atoms with Crippen LogP contribution in [0.2, 0.25) is 0 Å². The quantitative estimate of drug-likeness (QED) is 0.844. The first-order valence-corrected chi connectivity index (χ1v) is 8.53. The van der Waals surface area contributed by atoms with E-state index in [0.717, 1.165) is 37.3 Å². The van der Waals surface area contributed by atoms with E-state index in [9.17, 15) is 13.2 Å². The van der Waals surface area contributed by atoms with Crippen LogP contribution in [0.5, 0.6) is 0 Å². The number of aromatic nitrogens is 1. The maximum absolute atomic E-state index is 13.6. The molecule has 2 heterocycles. The maximum Gasteiger partial charge on any atom is 0.194 e. The van der Waals surface area contributed by atoms with Crippen molar-refractivity contribution in [1.29, 1.82) is 0 Å². The zero-order chi connectivity index (χ0) is 16.4. The first-order chi connectivity index (χ1) is 11.1. The minimum Gasteiger partial charge on any atom is -0.306 e. The number of rotatable bonds is 5. The minimum atomic E-state index is -1.42. The molecule has 0 amide bonds. The highest BCUT2D eigenvalue weighted by Crippen LogP contribution is 2.33. The number of thiazole rings is 1. The van der Waals surface area contributed by atoms with Crippen LogP contribution < -0.4 is 5.32 Å². The van der Waals surface area contributed by atoms with E-state index in [0.29, 0.717) is 12.1 Å². The molecule has 1 saturated heterocycles. The number of halogens is 3. The Kier molecular flexibility index (Phi) is 4.99. The van der Waals surface area contributed by atoms with Gasteiger partial charge < -0.3 is 5.32 Å². The molecule has 0 aliphatic carbocycles. The second kappa shape index (κ2) is 6.98. The zero-order valence-corrected chi connectivity index (χ0v) is 13.5. The van der Waals surface area contributed by atoms with Crippen LogP contribution in [-0.4, -0.2) is 29.0 Å². The smallest absolute Gasteiger partial charge is 0.194 e. The summed E-state index contributed by atoms with van der Waals surface area (Å²) in [5, 5.41) is 5.38. The van der Waals surface area contributed by atoms with Crippen LogP contribution in [0.1, 0.15) is 30.6 Å². The number of hydrogen-bond donors (Lipinski definition) is 1. The van der Waals surface area contributed by atoms with Gasteiger partial charge in [-0.3, -0.25) is 4.90 Å². The fourth-order valence-electron chi connectivity index (χ4n) is 3.17. The number of hydrogen-bond acceptors (Lipinski definition) is 4. The molecule has 1 aliphatic rings. The van der Waals surface area contributed by atoms with E-state index < -0.39 is 17.5 Å². The molecule has 124 valence electrons. The third-order valence-electron chi connectivity index (χ3n) is 4.28. The molecule has 3 nitrogen and oxygen atoms in total. The summed E-state index contributed by atoms with van der Waals surface area (Å²) in [6.07, 6.45) is 0.864. The van der Waals surface area contributed by atoms with Gasteiger partial charge in [0.05, 0.1) is 17.2 Å². The summed E-state index contributed by atoms with van der Waals surface area (Å²) >= 11 is 1.53. The Morgan fingerprint density at radius 1 is 1.30 bits per heavy atom. The third kappa shape index (κ3) is 3.41. The van der Waals surface area contributed by atoms with Crippen molar-refractivity contribution in [3.05, 3.63) is 51.7 Å². The van der Waals surface area contributed by atoms with Gasteiger partial charge in [-0.05, 0) is 30.7 Å². The molecule has 2 atom stereocenters. The number of benzene rings is 1. The lowest BCUT2D eigenvalue weighted by Gasteiger charge is -2.28. The summed E-state index contributed by atoms with van der Waals surface area (Å²) in [5.41, 5.74) is 3.18. The van der Waals surface area contributed by atoms with Crippen LogP contribution >= 0.6 is 11.3 Å². The lowest BCUT2D eigenvalue weighted by molar-refractivity contribution is 0.246. The largest absolute Gasteiger partial charge is 0.306 e. The van der Waals surface area contributed by atoms with Crippen molar-refractivity contribution in [3.63, 3.8) is 0 Å². The SMILES string of the molecule is CCN1CC[C@H](NCc2cscn2)[C@@H]1c1cc(F)c(F)c(F)c1. The molecule has 0 saturated carbocycles. The van der Waals surface area contributed by atoms with Crippen LogP contribution in [0.25, 0.3) is 0 Å². The van der Waals surface area contributed by atoms with Gasteiger partial charge in [-0.15, -0.1) is 11.3 Å². The molecule has 0 bridgehead atoms. The Labute approximate surface area is 137 Å². The van der Waals surface area contributed by atoms with Crippen LogP contribution in [0, 0.1) is 17.5 Å². The Bertz CT molecular complexity index is 640. The molecule has 7 heteroatoms. The number of nitrogens with zero attached hydrogens (tertiary/aromatic N) is 2. The molecule has 23 heavy (non-hydrogen) atoms. The molecule has 1 fully saturated rings. The third-order valence-corrected chi connectivity index (χ3v) is 4.92. The van der Waals surface area contributed by atoms with Crippen LogP contribution in [0.15, 0.2) is 23.0 Å². The van der Waals surface area contributed by atoms with Gasteiger partial charge in [0.15, 0.2) is 17.5 Å². The Balaban J connectivity index is 1.82. The molecule has 0 radical (unpaired) electrons. The van der Waals surface area contributed by atoms with Gasteiger partial charge in [-0.2, -0.15) is 0 Å². The topological polar surface area (TPSA) is 28.2 Å². The predicted octanol–water partition coefficient (Wildman–Crippen LogP) is 3.49. The minimum absolute atomic E-state index is 0.0425. The van der Waals surface area contributed by atoms with Crippen molar-refractivity contribution in [2.24, 2.45) is 0 Å². The normalized spacial score (nSPS) is 21.9. The second-order valence-corrected chi connectivity index (χ2v) is 6.35. The van der Waals surface area contributed by atoms with E-state index in [4.69, 9.17) is 0 Å². The first-order valence-electron chi connectivity index (χ1n) is 7.59. The van der Waals surface area contributed by atoms with Crippen LogP contribution in [0.3, 0.4) is 0 Å². The van der Waals surface area contributed by atoms with Gasteiger partial charge in [0, 0.05) is 24.5 Å². The fourth-order valence-corrected chi connectivity index (χ4v) is 3.73. The van der Waals surface area contributed by atoms with Gasteiger partial charge in [0.2, 0.25) is 0 Å². The maximum atomic E-state index is 13.6. The highest BCUT2D eigenvalue weighted by atomic mass is 32.1. The first kappa shape index (κ1) is 16.4. The average molecular weight is 341 g/mol. The Morgan fingerprint density at radius 3 is 2.65 bits per heavy atom. The summed E-state index contributed by atoms with van der Waals surface area (Å²) in [6, 6.07) is 2.08. The van der Waals surface area contributed by atoms with E-state index in [1.807, 2.05) is 12.3 Å². The van der Waals surface area contributed by atoms with Gasteiger partial charge in [-0.25, -0.2) is 18.2 Å². The van der Waals surface area contributed by atoms with Crippen LogP contribution in [0.4, 0.5) is 13.2 Å². The molecule has 0 spiro atoms. The summed E-state index contributed by atoms with van der Waals surface area (Å²) < 4.78 is 40.4. The second-order valence-electron chi connectivity index (χ2n) is 5.63. The van der Waals surface area contributed by atoms with Crippen molar-refractivity contribution in [1.82, 2.24) is 15.2 Å². The van der Waals surface area contributed by atoms with Crippen molar-refractivity contribution >= 4 is 11.3 Å². The summed E-state index contributed by atoms with van der Waals surface area (Å²) in [5.74, 6) is -3.69. The molecule has 3 rings (SSSR count). The number of likely N-dealkylation sites (N-methyl/N-ethyl adjacent to an activating group) is 1. The Morgan fingerprint density at radius 2 is 2.04 bits per heavy atom. The summed E-state index contributed by atoms with van der Waals surface area (Å²) in [6.45, 7) is 4.21. The van der Waals surface area contributed by atoms with Crippen LogP contribution in [-0.2, 0) is 6.54 Å². The van der Waals surface area contributed by atoms with Crippen molar-refractivity contribution < 1.29 is 13.2 Å². The molecule has 1 aromatic heterocycles. The molecular formula is C16H18F3N3S. The summed E-state index contributed by atoms with van der Waals surface area (Å²) in [7, 11) is 0. The molecule has 1 N–H and O–H groups in total. The van der Waals surface area contributed by atoms with E-state index in [-0.39, 0.29) is 12.1 Å². The van der Waals surface area contributed by atoms with E-state index in [2.05, 4.69) is 15.2 Å². The molecule has 1 aromatic carbocycles. The molecule has 2 aromatic rings. The predicted molar refractivity (Wildman–Crippen MR) is 83.7 cm³/mol. The Hall–Kier alpha value is -1.44. The zero-order valence-electron chi connectivity index (χ0n) is 12.7.